The van der Waals surface area contributed by atoms with Crippen LogP contribution in [0.5, 0.6) is 5.75 Å². The fraction of sp³-hybridized carbons (Fsp3) is 0.588. The molecular weight excluding hydrogens is 262 g/mol. The van der Waals surface area contributed by atoms with Gasteiger partial charge in [0.15, 0.2) is 0 Å². The minimum atomic E-state index is 0.103. The third kappa shape index (κ3) is 5.37. The standard InChI is InChI=1S/C17H27N3O/c1-5-8-20(13-17(2,3)12-19)11-14-6-7-15(10-18)16(9-14)21-4/h6-7,9H,5,8,11-13,19H2,1-4H3. The van der Waals surface area contributed by atoms with E-state index in [-0.39, 0.29) is 5.41 Å². The zero-order valence-electron chi connectivity index (χ0n) is 13.6. The molecule has 4 heteroatoms. The van der Waals surface area contributed by atoms with Crippen LogP contribution in [0.2, 0.25) is 0 Å². The van der Waals surface area contributed by atoms with E-state index in [2.05, 4.69) is 31.7 Å². The third-order valence-corrected chi connectivity index (χ3v) is 3.54. The molecule has 1 aromatic rings. The summed E-state index contributed by atoms with van der Waals surface area (Å²) in [5.74, 6) is 0.643. The number of nitriles is 1. The Morgan fingerprint density at radius 3 is 2.62 bits per heavy atom. The highest BCUT2D eigenvalue weighted by Gasteiger charge is 2.20. The van der Waals surface area contributed by atoms with Gasteiger partial charge in [-0.2, -0.15) is 5.26 Å². The van der Waals surface area contributed by atoms with Crippen molar-refractivity contribution in [1.29, 1.82) is 5.26 Å². The Kier molecular flexibility index (Phi) is 6.67. The quantitative estimate of drug-likeness (QED) is 0.799. The maximum Gasteiger partial charge on any atom is 0.136 e. The predicted molar refractivity (Wildman–Crippen MR) is 86.1 cm³/mol. The van der Waals surface area contributed by atoms with Crippen molar-refractivity contribution in [2.75, 3.05) is 26.7 Å². The minimum Gasteiger partial charge on any atom is -0.495 e. The van der Waals surface area contributed by atoms with Gasteiger partial charge in [-0.3, -0.25) is 4.90 Å². The van der Waals surface area contributed by atoms with Crippen LogP contribution in [0.15, 0.2) is 18.2 Å². The molecular formula is C17H27N3O. The van der Waals surface area contributed by atoms with Gasteiger partial charge in [0, 0.05) is 13.1 Å². The van der Waals surface area contributed by atoms with E-state index < -0.39 is 0 Å². The van der Waals surface area contributed by atoms with Crippen molar-refractivity contribution >= 4 is 0 Å². The number of hydrogen-bond donors (Lipinski definition) is 1. The summed E-state index contributed by atoms with van der Waals surface area (Å²) in [6.45, 7) is 10.1. The number of nitrogens with zero attached hydrogens (tertiary/aromatic N) is 2. The Hall–Kier alpha value is -1.57. The van der Waals surface area contributed by atoms with Crippen LogP contribution < -0.4 is 10.5 Å². The fourth-order valence-electron chi connectivity index (χ4n) is 2.38. The first-order chi connectivity index (χ1) is 9.95. The van der Waals surface area contributed by atoms with Crippen LogP contribution in [0.1, 0.15) is 38.3 Å². The second kappa shape index (κ2) is 8.02. The predicted octanol–water partition coefficient (Wildman–Crippen LogP) is 2.76. The van der Waals surface area contributed by atoms with Gasteiger partial charge >= 0.3 is 0 Å². The summed E-state index contributed by atoms with van der Waals surface area (Å²) in [4.78, 5) is 2.41. The molecule has 21 heavy (non-hydrogen) atoms. The zero-order chi connectivity index (χ0) is 15.9. The Labute approximate surface area is 128 Å². The van der Waals surface area contributed by atoms with E-state index in [0.717, 1.165) is 31.6 Å². The van der Waals surface area contributed by atoms with Crippen LogP contribution >= 0.6 is 0 Å². The summed E-state index contributed by atoms with van der Waals surface area (Å²) in [6, 6.07) is 7.92. The normalized spacial score (nSPS) is 11.5. The lowest BCUT2D eigenvalue weighted by atomic mass is 9.92. The molecule has 4 nitrogen and oxygen atoms in total. The van der Waals surface area contributed by atoms with Gasteiger partial charge in [0.05, 0.1) is 12.7 Å². The summed E-state index contributed by atoms with van der Waals surface area (Å²) >= 11 is 0. The molecule has 0 amide bonds. The van der Waals surface area contributed by atoms with E-state index in [1.165, 1.54) is 0 Å². The largest absolute Gasteiger partial charge is 0.495 e. The number of nitrogens with two attached hydrogens (primary N) is 1. The van der Waals surface area contributed by atoms with Crippen LogP contribution in [0.25, 0.3) is 0 Å². The molecule has 0 aromatic heterocycles. The molecule has 0 spiro atoms. The number of hydrogen-bond acceptors (Lipinski definition) is 4. The SMILES string of the molecule is CCCN(Cc1ccc(C#N)c(OC)c1)CC(C)(C)CN. The molecule has 0 bridgehead atoms. The highest BCUT2D eigenvalue weighted by atomic mass is 16.5. The molecule has 0 aliphatic carbocycles. The number of rotatable bonds is 8. The van der Waals surface area contributed by atoms with Crippen molar-refractivity contribution in [1.82, 2.24) is 4.90 Å². The van der Waals surface area contributed by atoms with Crippen LogP contribution in [-0.4, -0.2) is 31.6 Å². The summed E-state index contributed by atoms with van der Waals surface area (Å²) in [5.41, 5.74) is 7.68. The van der Waals surface area contributed by atoms with Gasteiger partial charge in [-0.1, -0.05) is 26.8 Å². The molecule has 0 radical (unpaired) electrons. The lowest BCUT2D eigenvalue weighted by Crippen LogP contribution is -2.38. The summed E-state index contributed by atoms with van der Waals surface area (Å²) in [5, 5.41) is 9.04. The Bertz CT molecular complexity index is 491. The van der Waals surface area contributed by atoms with Crippen molar-refractivity contribution in [2.45, 2.75) is 33.7 Å². The van der Waals surface area contributed by atoms with Gasteiger partial charge < -0.3 is 10.5 Å². The molecule has 0 fully saturated rings. The molecule has 116 valence electrons. The second-order valence-corrected chi connectivity index (χ2v) is 6.23. The van der Waals surface area contributed by atoms with Gasteiger partial charge in [0.1, 0.15) is 11.8 Å². The van der Waals surface area contributed by atoms with Gasteiger partial charge in [-0.05, 0) is 42.6 Å². The highest BCUT2D eigenvalue weighted by Crippen LogP contribution is 2.22. The highest BCUT2D eigenvalue weighted by molar-refractivity contribution is 5.45. The van der Waals surface area contributed by atoms with Crippen molar-refractivity contribution < 1.29 is 4.74 Å². The Morgan fingerprint density at radius 2 is 2.10 bits per heavy atom. The molecule has 2 N–H and O–H groups in total. The average molecular weight is 289 g/mol. The van der Waals surface area contributed by atoms with Gasteiger partial charge in [-0.15, -0.1) is 0 Å². The maximum absolute atomic E-state index is 9.04. The Morgan fingerprint density at radius 1 is 1.38 bits per heavy atom. The number of ether oxygens (including phenoxy) is 1. The van der Waals surface area contributed by atoms with E-state index in [0.29, 0.717) is 17.9 Å². The number of benzene rings is 1. The molecule has 0 unspecified atom stereocenters. The maximum atomic E-state index is 9.04. The topological polar surface area (TPSA) is 62.3 Å². The van der Waals surface area contributed by atoms with E-state index in [1.54, 1.807) is 7.11 Å². The fourth-order valence-corrected chi connectivity index (χ4v) is 2.38. The molecule has 1 rings (SSSR count). The number of methoxy groups -OCH3 is 1. The zero-order valence-corrected chi connectivity index (χ0v) is 13.6. The molecule has 0 atom stereocenters. The van der Waals surface area contributed by atoms with Crippen LogP contribution in [0.3, 0.4) is 0 Å². The van der Waals surface area contributed by atoms with Crippen LogP contribution in [0.4, 0.5) is 0 Å². The molecule has 1 aromatic carbocycles. The van der Waals surface area contributed by atoms with Gasteiger partial charge in [-0.25, -0.2) is 0 Å². The van der Waals surface area contributed by atoms with Crippen molar-refractivity contribution in [3.63, 3.8) is 0 Å². The summed E-state index contributed by atoms with van der Waals surface area (Å²) in [7, 11) is 1.60. The average Bonchev–Trinajstić information content (AvgIpc) is 2.47. The van der Waals surface area contributed by atoms with E-state index in [1.807, 2.05) is 18.2 Å². The summed E-state index contributed by atoms with van der Waals surface area (Å²) < 4.78 is 5.28. The first-order valence-electron chi connectivity index (χ1n) is 7.45. The smallest absolute Gasteiger partial charge is 0.136 e. The third-order valence-electron chi connectivity index (χ3n) is 3.54. The van der Waals surface area contributed by atoms with Crippen LogP contribution in [-0.2, 0) is 6.54 Å². The first-order valence-corrected chi connectivity index (χ1v) is 7.45. The molecule has 0 saturated carbocycles. The second-order valence-electron chi connectivity index (χ2n) is 6.23. The van der Waals surface area contributed by atoms with Gasteiger partial charge in [0.25, 0.3) is 0 Å². The minimum absolute atomic E-state index is 0.103. The molecule has 0 saturated heterocycles. The van der Waals surface area contributed by atoms with E-state index in [9.17, 15) is 0 Å². The van der Waals surface area contributed by atoms with E-state index >= 15 is 0 Å². The molecule has 0 aliphatic heterocycles. The first kappa shape index (κ1) is 17.5. The van der Waals surface area contributed by atoms with Crippen LogP contribution in [0, 0.1) is 16.7 Å². The van der Waals surface area contributed by atoms with Crippen molar-refractivity contribution in [2.24, 2.45) is 11.1 Å². The molecule has 0 heterocycles. The molecule has 0 aliphatic rings. The lowest BCUT2D eigenvalue weighted by Gasteiger charge is -2.31. The summed E-state index contributed by atoms with van der Waals surface area (Å²) in [6.07, 6.45) is 1.11. The van der Waals surface area contributed by atoms with Gasteiger partial charge in [0.2, 0.25) is 0 Å². The Balaban J connectivity index is 2.86. The lowest BCUT2D eigenvalue weighted by molar-refractivity contribution is 0.176. The van der Waals surface area contributed by atoms with Crippen molar-refractivity contribution in [3.05, 3.63) is 29.3 Å². The van der Waals surface area contributed by atoms with Crippen molar-refractivity contribution in [3.8, 4) is 11.8 Å². The van der Waals surface area contributed by atoms with E-state index in [4.69, 9.17) is 15.7 Å². The monoisotopic (exact) mass is 289 g/mol.